The van der Waals surface area contributed by atoms with Gasteiger partial charge in [0.2, 0.25) is 0 Å². The molecule has 1 aromatic rings. The lowest BCUT2D eigenvalue weighted by atomic mass is 9.46. The Labute approximate surface area is 131 Å². The molecule has 0 radical (unpaired) electrons. The van der Waals surface area contributed by atoms with Gasteiger partial charge in [0.1, 0.15) is 5.01 Å². The molecule has 3 rings (SSSR count). The van der Waals surface area contributed by atoms with E-state index in [2.05, 4.69) is 31.1 Å². The predicted molar refractivity (Wildman–Crippen MR) is 86.4 cm³/mol. The van der Waals surface area contributed by atoms with E-state index in [0.29, 0.717) is 12.0 Å². The maximum atomic E-state index is 6.77. The van der Waals surface area contributed by atoms with Crippen LogP contribution in [0.5, 0.6) is 0 Å². The molecule has 3 N–H and O–H groups in total. The Balaban J connectivity index is 1.58. The fraction of sp³-hybridized carbons (Fsp3) is 0.812. The number of hydrogen-bond donors (Lipinski definition) is 2. The topological polar surface area (TPSA) is 60.2 Å². The van der Waals surface area contributed by atoms with Crippen LogP contribution in [0.15, 0.2) is 6.20 Å². The summed E-state index contributed by atoms with van der Waals surface area (Å²) in [5, 5.41) is 4.69. The zero-order chi connectivity index (χ0) is 15.1. The van der Waals surface area contributed by atoms with Gasteiger partial charge in [-0.15, -0.1) is 11.3 Å². The lowest BCUT2D eigenvalue weighted by Crippen LogP contribution is -2.80. The maximum absolute atomic E-state index is 6.77. The van der Waals surface area contributed by atoms with Crippen molar-refractivity contribution in [3.63, 3.8) is 0 Å². The van der Waals surface area contributed by atoms with E-state index in [-0.39, 0.29) is 11.0 Å². The van der Waals surface area contributed by atoms with Crippen molar-refractivity contribution < 1.29 is 4.74 Å². The fourth-order valence-electron chi connectivity index (χ4n) is 3.99. The summed E-state index contributed by atoms with van der Waals surface area (Å²) in [6, 6.07) is 0. The van der Waals surface area contributed by atoms with E-state index in [9.17, 15) is 0 Å². The molecule has 1 aliphatic carbocycles. The van der Waals surface area contributed by atoms with Gasteiger partial charge in [-0.2, -0.15) is 0 Å². The predicted octanol–water partition coefficient (Wildman–Crippen LogP) is 2.33. The summed E-state index contributed by atoms with van der Waals surface area (Å²) in [7, 11) is 0. The van der Waals surface area contributed by atoms with Gasteiger partial charge in [0, 0.05) is 47.6 Å². The molecule has 2 aliphatic rings. The first-order chi connectivity index (χ1) is 9.99. The third-order valence-electron chi connectivity index (χ3n) is 5.54. The van der Waals surface area contributed by atoms with Crippen LogP contribution in [0.4, 0.5) is 0 Å². The molecule has 3 unspecified atom stereocenters. The van der Waals surface area contributed by atoms with E-state index in [0.717, 1.165) is 37.5 Å². The molecule has 1 saturated carbocycles. The summed E-state index contributed by atoms with van der Waals surface area (Å²) in [6.45, 7) is 9.22. The largest absolute Gasteiger partial charge is 0.377 e. The summed E-state index contributed by atoms with van der Waals surface area (Å²) in [5.41, 5.74) is 6.65. The van der Waals surface area contributed by atoms with Gasteiger partial charge in [-0.25, -0.2) is 4.98 Å². The minimum Gasteiger partial charge on any atom is -0.377 e. The third-order valence-corrected chi connectivity index (χ3v) is 6.68. The van der Waals surface area contributed by atoms with E-state index in [4.69, 9.17) is 10.5 Å². The molecule has 118 valence electrons. The third kappa shape index (κ3) is 2.44. The van der Waals surface area contributed by atoms with Gasteiger partial charge in [-0.1, -0.05) is 20.8 Å². The number of thiazole rings is 1. The van der Waals surface area contributed by atoms with Gasteiger partial charge in [0.25, 0.3) is 0 Å². The Hall–Kier alpha value is -0.490. The smallest absolute Gasteiger partial charge is 0.107 e. The number of hydrogen-bond acceptors (Lipinski definition) is 5. The Bertz CT molecular complexity index is 501. The van der Waals surface area contributed by atoms with E-state index in [1.807, 2.05) is 6.20 Å². The van der Waals surface area contributed by atoms with E-state index < -0.39 is 0 Å². The molecule has 3 atom stereocenters. The average molecular weight is 309 g/mol. The summed E-state index contributed by atoms with van der Waals surface area (Å²) in [5.74, 6) is 0.497. The molecule has 1 saturated heterocycles. The van der Waals surface area contributed by atoms with Crippen LogP contribution in [-0.4, -0.2) is 29.8 Å². The van der Waals surface area contributed by atoms with E-state index >= 15 is 0 Å². The SMILES string of the molecule is CCc1cnc(CNCC2(N)C3CCCOC3C2(C)C)s1. The van der Waals surface area contributed by atoms with Gasteiger partial charge in [0.05, 0.1) is 6.10 Å². The highest BCUT2D eigenvalue weighted by Gasteiger charge is 2.65. The monoisotopic (exact) mass is 309 g/mol. The first kappa shape index (κ1) is 15.4. The number of nitrogens with zero attached hydrogens (tertiary/aromatic N) is 1. The van der Waals surface area contributed by atoms with Gasteiger partial charge >= 0.3 is 0 Å². The van der Waals surface area contributed by atoms with Crippen molar-refractivity contribution in [2.24, 2.45) is 17.1 Å². The summed E-state index contributed by atoms with van der Waals surface area (Å²) in [4.78, 5) is 5.81. The minimum atomic E-state index is -0.164. The minimum absolute atomic E-state index is 0.0442. The number of nitrogens with two attached hydrogens (primary N) is 1. The lowest BCUT2D eigenvalue weighted by Gasteiger charge is -2.66. The number of rotatable bonds is 5. The lowest BCUT2D eigenvalue weighted by molar-refractivity contribution is -0.225. The Morgan fingerprint density at radius 1 is 1.52 bits per heavy atom. The molecule has 0 amide bonds. The van der Waals surface area contributed by atoms with Crippen molar-refractivity contribution >= 4 is 11.3 Å². The summed E-state index contributed by atoms with van der Waals surface area (Å²) in [6.07, 6.45) is 5.72. The van der Waals surface area contributed by atoms with Gasteiger partial charge in [-0.05, 0) is 19.3 Å². The molecule has 1 aromatic heterocycles. The highest BCUT2D eigenvalue weighted by Crippen LogP contribution is 2.56. The summed E-state index contributed by atoms with van der Waals surface area (Å²) < 4.78 is 5.95. The van der Waals surface area contributed by atoms with Crippen molar-refractivity contribution in [3.8, 4) is 0 Å². The normalized spacial score (nSPS) is 34.3. The molecule has 21 heavy (non-hydrogen) atoms. The van der Waals surface area contributed by atoms with Crippen LogP contribution in [0.25, 0.3) is 0 Å². The molecule has 1 aliphatic heterocycles. The average Bonchev–Trinajstić information content (AvgIpc) is 2.95. The summed E-state index contributed by atoms with van der Waals surface area (Å²) >= 11 is 1.79. The van der Waals surface area contributed by atoms with Crippen LogP contribution in [-0.2, 0) is 17.7 Å². The number of ether oxygens (including phenoxy) is 1. The molecule has 0 aromatic carbocycles. The van der Waals surface area contributed by atoms with E-state index in [1.165, 1.54) is 11.3 Å². The van der Waals surface area contributed by atoms with Gasteiger partial charge < -0.3 is 15.8 Å². The number of fused-ring (bicyclic) bond motifs is 1. The molecule has 4 nitrogen and oxygen atoms in total. The van der Waals surface area contributed by atoms with Crippen LogP contribution in [0, 0.1) is 11.3 Å². The van der Waals surface area contributed by atoms with Gasteiger partial charge in [0.15, 0.2) is 0 Å². The molecular formula is C16H27N3OS. The molecule has 2 heterocycles. The van der Waals surface area contributed by atoms with Crippen LogP contribution in [0.2, 0.25) is 0 Å². The van der Waals surface area contributed by atoms with Crippen LogP contribution >= 0.6 is 11.3 Å². The maximum Gasteiger partial charge on any atom is 0.107 e. The second-order valence-electron chi connectivity index (χ2n) is 6.98. The molecule has 2 fully saturated rings. The van der Waals surface area contributed by atoms with Crippen LogP contribution in [0.1, 0.15) is 43.5 Å². The van der Waals surface area contributed by atoms with Crippen LogP contribution < -0.4 is 11.1 Å². The first-order valence-corrected chi connectivity index (χ1v) is 8.85. The quantitative estimate of drug-likeness (QED) is 0.876. The second kappa shape index (κ2) is 5.61. The molecule has 0 spiro atoms. The van der Waals surface area contributed by atoms with Crippen molar-refractivity contribution in [3.05, 3.63) is 16.1 Å². The van der Waals surface area contributed by atoms with Gasteiger partial charge in [-0.3, -0.25) is 0 Å². The van der Waals surface area contributed by atoms with Crippen molar-refractivity contribution in [2.45, 2.75) is 58.2 Å². The zero-order valence-electron chi connectivity index (χ0n) is 13.3. The zero-order valence-corrected chi connectivity index (χ0v) is 14.1. The van der Waals surface area contributed by atoms with Crippen LogP contribution in [0.3, 0.4) is 0 Å². The highest BCUT2D eigenvalue weighted by molar-refractivity contribution is 7.11. The number of nitrogens with one attached hydrogen (secondary N) is 1. The van der Waals surface area contributed by atoms with Crippen molar-refractivity contribution in [1.82, 2.24) is 10.3 Å². The number of aromatic nitrogens is 1. The first-order valence-electron chi connectivity index (χ1n) is 8.04. The molecule has 0 bridgehead atoms. The highest BCUT2D eigenvalue weighted by atomic mass is 32.1. The Morgan fingerprint density at radius 2 is 2.33 bits per heavy atom. The van der Waals surface area contributed by atoms with Crippen molar-refractivity contribution in [1.29, 1.82) is 0 Å². The standard InChI is InChI=1S/C16H27N3OS/c1-4-11-8-19-13(21-11)9-18-10-16(17)12-6-5-7-20-14(12)15(16,2)3/h8,12,14,18H,4-7,9-10,17H2,1-3H3. The van der Waals surface area contributed by atoms with Crippen molar-refractivity contribution in [2.75, 3.05) is 13.2 Å². The van der Waals surface area contributed by atoms with E-state index in [1.54, 1.807) is 11.3 Å². The fourth-order valence-corrected chi connectivity index (χ4v) is 4.83. The second-order valence-corrected chi connectivity index (χ2v) is 8.18. The molecular weight excluding hydrogens is 282 g/mol. The molecule has 5 heteroatoms. The number of aryl methyl sites for hydroxylation is 1. The Kier molecular flexibility index (Phi) is 4.12. The Morgan fingerprint density at radius 3 is 3.05 bits per heavy atom.